The zero-order valence-electron chi connectivity index (χ0n) is 19.3. The molecule has 0 atom stereocenters. The number of ketones is 1. The van der Waals surface area contributed by atoms with Crippen LogP contribution in [0.1, 0.15) is 83.3 Å². The van der Waals surface area contributed by atoms with Crippen molar-refractivity contribution in [3.8, 4) is 0 Å². The first kappa shape index (κ1) is 21.4. The number of nitrogens with zero attached hydrogens (tertiary/aromatic N) is 3. The third-order valence-corrected chi connectivity index (χ3v) is 11.0. The molecule has 4 nitrogen and oxygen atoms in total. The van der Waals surface area contributed by atoms with Crippen LogP contribution >= 0.6 is 22.7 Å². The van der Waals surface area contributed by atoms with Crippen molar-refractivity contribution in [2.24, 2.45) is 17.8 Å². The van der Waals surface area contributed by atoms with Gasteiger partial charge in [0.05, 0.1) is 15.7 Å². The molecule has 5 aliphatic rings. The lowest BCUT2D eigenvalue weighted by atomic mass is 9.45. The van der Waals surface area contributed by atoms with Crippen molar-refractivity contribution in [3.63, 3.8) is 0 Å². The smallest absolute Gasteiger partial charge is 0.138 e. The average molecular weight is 470 g/mol. The highest BCUT2D eigenvalue weighted by molar-refractivity contribution is 7.12. The molecular weight excluding hydrogens is 434 g/mol. The summed E-state index contributed by atoms with van der Waals surface area (Å²) in [5.41, 5.74) is 1.93. The minimum Gasteiger partial charge on any atom is -0.299 e. The molecule has 2 aromatic heterocycles. The fourth-order valence-corrected chi connectivity index (χ4v) is 8.68. The first-order valence-corrected chi connectivity index (χ1v) is 14.3. The maximum absolute atomic E-state index is 12.5. The van der Waals surface area contributed by atoms with Gasteiger partial charge in [-0.1, -0.05) is 12.8 Å². The van der Waals surface area contributed by atoms with Crippen LogP contribution in [0.25, 0.3) is 0 Å². The molecule has 0 spiro atoms. The van der Waals surface area contributed by atoms with E-state index in [1.165, 1.54) is 81.6 Å². The maximum Gasteiger partial charge on any atom is 0.138 e. The Morgan fingerprint density at radius 1 is 1.16 bits per heavy atom. The fourth-order valence-electron chi connectivity index (χ4n) is 6.58. The van der Waals surface area contributed by atoms with Gasteiger partial charge in [-0.2, -0.15) is 0 Å². The minimum absolute atomic E-state index is 0.405. The van der Waals surface area contributed by atoms with E-state index in [0.717, 1.165) is 34.7 Å². The first-order valence-electron chi connectivity index (χ1n) is 12.7. The Bertz CT molecular complexity index is 970. The van der Waals surface area contributed by atoms with Gasteiger partial charge in [-0.05, 0) is 76.2 Å². The summed E-state index contributed by atoms with van der Waals surface area (Å²) in [6.45, 7) is 5.52. The van der Waals surface area contributed by atoms with Crippen LogP contribution in [-0.4, -0.2) is 33.7 Å². The predicted octanol–water partition coefficient (Wildman–Crippen LogP) is 5.72. The topological polar surface area (TPSA) is 46.1 Å². The van der Waals surface area contributed by atoms with Crippen LogP contribution < -0.4 is 0 Å². The van der Waals surface area contributed by atoms with Gasteiger partial charge in [-0.3, -0.25) is 9.69 Å². The van der Waals surface area contributed by atoms with Gasteiger partial charge >= 0.3 is 0 Å². The molecule has 4 aliphatic carbocycles. The van der Waals surface area contributed by atoms with Gasteiger partial charge in [-0.15, -0.1) is 22.7 Å². The third kappa shape index (κ3) is 4.23. The lowest BCUT2D eigenvalue weighted by molar-refractivity contribution is -0.119. The summed E-state index contributed by atoms with van der Waals surface area (Å²) in [4.78, 5) is 27.2. The average Bonchev–Trinajstić information content (AvgIpc) is 3.30. The molecular formula is C26H35N3OS2. The summed E-state index contributed by atoms with van der Waals surface area (Å²) >= 11 is 3.70. The van der Waals surface area contributed by atoms with Crippen LogP contribution in [0.3, 0.4) is 0 Å². The van der Waals surface area contributed by atoms with Crippen molar-refractivity contribution in [2.45, 2.75) is 89.5 Å². The molecule has 6 heteroatoms. The van der Waals surface area contributed by atoms with E-state index in [0.29, 0.717) is 23.5 Å². The summed E-state index contributed by atoms with van der Waals surface area (Å²) in [5.74, 6) is 2.89. The molecule has 0 amide bonds. The molecule has 1 aliphatic heterocycles. The summed E-state index contributed by atoms with van der Waals surface area (Å²) < 4.78 is 0. The number of carbonyl (C=O) groups is 1. The number of hydrogen-bond donors (Lipinski definition) is 0. The zero-order chi connectivity index (χ0) is 21.7. The van der Waals surface area contributed by atoms with Crippen LogP contribution in [0.15, 0.2) is 6.20 Å². The van der Waals surface area contributed by atoms with E-state index in [1.54, 1.807) is 16.2 Å². The highest BCUT2D eigenvalue weighted by Crippen LogP contribution is 2.65. The minimum atomic E-state index is 0.405. The van der Waals surface area contributed by atoms with Crippen molar-refractivity contribution in [1.29, 1.82) is 0 Å². The van der Waals surface area contributed by atoms with Gasteiger partial charge in [0.25, 0.3) is 0 Å². The Labute approximate surface area is 199 Å². The molecule has 0 N–H and O–H groups in total. The van der Waals surface area contributed by atoms with Gasteiger partial charge in [0.2, 0.25) is 0 Å². The SMILES string of the molecule is Cc1ncc(CC(=O)CC2CCC(CCN3CCc4sc(C56CC(C5)C6)nc4C3)CC2)s1. The third-order valence-electron chi connectivity index (χ3n) is 8.68. The van der Waals surface area contributed by atoms with Crippen LogP contribution in [0.2, 0.25) is 0 Å². The van der Waals surface area contributed by atoms with E-state index in [4.69, 9.17) is 4.98 Å². The maximum atomic E-state index is 12.5. The lowest BCUT2D eigenvalue weighted by Gasteiger charge is -2.60. The van der Waals surface area contributed by atoms with E-state index in [-0.39, 0.29) is 0 Å². The number of carbonyl (C=O) groups excluding carboxylic acids is 1. The van der Waals surface area contributed by atoms with E-state index in [1.807, 2.05) is 24.5 Å². The molecule has 172 valence electrons. The standard InChI is InChI=1S/C26H35N3OS2/c1-17-27-15-22(31-17)11-21(30)10-19-4-2-18(3-5-19)6-8-29-9-7-24-23(16-29)28-25(32-24)26-12-20(13-26)14-26/h15,18-20H,2-14,16H2,1H3. The van der Waals surface area contributed by atoms with Gasteiger partial charge < -0.3 is 0 Å². The number of thiazole rings is 2. The van der Waals surface area contributed by atoms with Crippen LogP contribution in [0.4, 0.5) is 0 Å². The molecule has 2 bridgehead atoms. The van der Waals surface area contributed by atoms with Crippen molar-refractivity contribution >= 4 is 28.5 Å². The molecule has 0 aromatic carbocycles. The summed E-state index contributed by atoms with van der Waals surface area (Å²) in [6.07, 6.45) is 15.1. The van der Waals surface area contributed by atoms with Crippen molar-refractivity contribution in [2.75, 3.05) is 13.1 Å². The van der Waals surface area contributed by atoms with E-state index in [9.17, 15) is 4.79 Å². The van der Waals surface area contributed by atoms with Crippen molar-refractivity contribution in [1.82, 2.24) is 14.9 Å². The first-order chi connectivity index (χ1) is 15.5. The second-order valence-electron chi connectivity index (χ2n) is 11.1. The number of rotatable bonds is 8. The second kappa shape index (κ2) is 8.59. The monoisotopic (exact) mass is 469 g/mol. The predicted molar refractivity (Wildman–Crippen MR) is 130 cm³/mol. The Hall–Kier alpha value is -1.11. The Balaban J connectivity index is 0.925. The van der Waals surface area contributed by atoms with E-state index >= 15 is 0 Å². The largest absolute Gasteiger partial charge is 0.299 e. The number of aromatic nitrogens is 2. The summed E-state index contributed by atoms with van der Waals surface area (Å²) in [7, 11) is 0. The number of Topliss-reactive ketones (excluding diaryl/α,β-unsaturated/α-hetero) is 1. The van der Waals surface area contributed by atoms with Gasteiger partial charge in [0.1, 0.15) is 5.78 Å². The molecule has 4 fully saturated rings. The highest BCUT2D eigenvalue weighted by atomic mass is 32.1. The molecule has 4 saturated carbocycles. The van der Waals surface area contributed by atoms with Gasteiger partial charge in [0, 0.05) is 47.3 Å². The zero-order valence-corrected chi connectivity index (χ0v) is 20.9. The number of aryl methyl sites for hydroxylation is 1. The molecule has 2 aromatic rings. The van der Waals surface area contributed by atoms with Crippen LogP contribution in [0, 0.1) is 24.7 Å². The molecule has 32 heavy (non-hydrogen) atoms. The normalized spacial score (nSPS) is 31.6. The highest BCUT2D eigenvalue weighted by Gasteiger charge is 2.59. The Kier molecular flexibility index (Phi) is 5.75. The van der Waals surface area contributed by atoms with Gasteiger partial charge in [0.15, 0.2) is 0 Å². The van der Waals surface area contributed by atoms with E-state index < -0.39 is 0 Å². The fraction of sp³-hybridized carbons (Fsp3) is 0.731. The molecule has 3 heterocycles. The van der Waals surface area contributed by atoms with Crippen LogP contribution in [0.5, 0.6) is 0 Å². The summed E-state index contributed by atoms with van der Waals surface area (Å²) in [5, 5.41) is 2.54. The summed E-state index contributed by atoms with van der Waals surface area (Å²) in [6, 6.07) is 0. The molecule has 0 unspecified atom stereocenters. The number of hydrogen-bond acceptors (Lipinski definition) is 6. The number of fused-ring (bicyclic) bond motifs is 1. The molecule has 7 rings (SSSR count). The van der Waals surface area contributed by atoms with E-state index in [2.05, 4.69) is 9.88 Å². The lowest BCUT2D eigenvalue weighted by Crippen LogP contribution is -2.55. The van der Waals surface area contributed by atoms with Crippen molar-refractivity contribution < 1.29 is 4.79 Å². The van der Waals surface area contributed by atoms with Crippen molar-refractivity contribution in [3.05, 3.63) is 31.7 Å². The molecule has 0 saturated heterocycles. The quantitative estimate of drug-likeness (QED) is 0.496. The van der Waals surface area contributed by atoms with Crippen LogP contribution in [-0.2, 0) is 29.6 Å². The Morgan fingerprint density at radius 3 is 2.62 bits per heavy atom. The molecule has 0 radical (unpaired) electrons. The second-order valence-corrected chi connectivity index (χ2v) is 13.5. The van der Waals surface area contributed by atoms with Gasteiger partial charge in [-0.25, -0.2) is 9.97 Å². The Morgan fingerprint density at radius 2 is 1.94 bits per heavy atom.